The topological polar surface area (TPSA) is 92.5 Å². The number of nitrogen functional groups attached to an aromatic ring is 2. The Bertz CT molecular complexity index is 629. The third-order valence-electron chi connectivity index (χ3n) is 4.97. The van der Waals surface area contributed by atoms with E-state index in [0.29, 0.717) is 11.4 Å². The van der Waals surface area contributed by atoms with Gasteiger partial charge >= 0.3 is 0 Å². The Labute approximate surface area is 137 Å². The molecule has 0 radical (unpaired) electrons. The maximum absolute atomic E-state index is 9.96. The van der Waals surface area contributed by atoms with E-state index in [-0.39, 0.29) is 16.9 Å². The van der Waals surface area contributed by atoms with Gasteiger partial charge in [-0.2, -0.15) is 0 Å². The van der Waals surface area contributed by atoms with Gasteiger partial charge in [0.25, 0.3) is 0 Å². The van der Waals surface area contributed by atoms with Crippen molar-refractivity contribution in [3.05, 3.63) is 46.5 Å². The van der Waals surface area contributed by atoms with Crippen LogP contribution in [0, 0.1) is 13.8 Å². The predicted molar refractivity (Wildman–Crippen MR) is 95.9 cm³/mol. The first kappa shape index (κ1) is 17.0. The Kier molecular flexibility index (Phi) is 4.46. The van der Waals surface area contributed by atoms with Crippen molar-refractivity contribution in [2.45, 2.75) is 46.0 Å². The zero-order valence-electron chi connectivity index (χ0n) is 14.3. The van der Waals surface area contributed by atoms with Crippen LogP contribution < -0.4 is 11.5 Å². The van der Waals surface area contributed by atoms with Crippen LogP contribution in [0.2, 0.25) is 0 Å². The molecule has 0 aromatic heterocycles. The van der Waals surface area contributed by atoms with Gasteiger partial charge in [0.2, 0.25) is 0 Å². The molecule has 0 fully saturated rings. The van der Waals surface area contributed by atoms with Crippen LogP contribution in [0.25, 0.3) is 0 Å². The van der Waals surface area contributed by atoms with E-state index in [1.807, 2.05) is 38.1 Å². The van der Waals surface area contributed by atoms with Crippen LogP contribution in [0.1, 0.15) is 48.9 Å². The van der Waals surface area contributed by atoms with Crippen LogP contribution in [0.5, 0.6) is 11.5 Å². The van der Waals surface area contributed by atoms with Crippen LogP contribution >= 0.6 is 0 Å². The van der Waals surface area contributed by atoms with Gasteiger partial charge in [0.15, 0.2) is 0 Å². The molecule has 0 bridgehead atoms. The van der Waals surface area contributed by atoms with Crippen LogP contribution in [0.4, 0.5) is 11.4 Å². The minimum absolute atomic E-state index is 0.135. The number of phenols is 2. The number of rotatable bonds is 4. The summed E-state index contributed by atoms with van der Waals surface area (Å²) in [5.41, 5.74) is 16.1. The summed E-state index contributed by atoms with van der Waals surface area (Å²) in [6.07, 6.45) is 1.72. The normalized spacial score (nSPS) is 11.7. The first-order valence-corrected chi connectivity index (χ1v) is 7.96. The van der Waals surface area contributed by atoms with Gasteiger partial charge in [0.05, 0.1) is 11.4 Å². The van der Waals surface area contributed by atoms with E-state index in [2.05, 4.69) is 13.8 Å². The van der Waals surface area contributed by atoms with E-state index in [4.69, 9.17) is 11.5 Å². The van der Waals surface area contributed by atoms with Gasteiger partial charge in [0, 0.05) is 5.41 Å². The van der Waals surface area contributed by atoms with E-state index in [0.717, 1.165) is 35.1 Å². The minimum Gasteiger partial charge on any atom is -0.506 e. The molecule has 6 N–H and O–H groups in total. The third kappa shape index (κ3) is 2.69. The molecule has 124 valence electrons. The summed E-state index contributed by atoms with van der Waals surface area (Å²) in [5.74, 6) is 0.271. The van der Waals surface area contributed by atoms with Crippen molar-refractivity contribution < 1.29 is 10.2 Å². The number of aromatic hydroxyl groups is 2. The molecule has 0 aliphatic heterocycles. The van der Waals surface area contributed by atoms with Gasteiger partial charge in [-0.25, -0.2) is 0 Å². The Morgan fingerprint density at radius 3 is 1.39 bits per heavy atom. The number of anilines is 2. The standard InChI is InChI=1S/C19H26N2O2/c1-5-19(6-2,13-7-11(3)17(22)15(20)9-13)14-8-12(4)18(23)16(21)10-14/h7-10,22-23H,5-6,20-21H2,1-4H3. The second-order valence-corrected chi connectivity index (χ2v) is 6.25. The van der Waals surface area contributed by atoms with Crippen LogP contribution in [-0.2, 0) is 5.41 Å². The second kappa shape index (κ2) is 6.03. The minimum atomic E-state index is -0.265. The van der Waals surface area contributed by atoms with Crippen LogP contribution in [0.3, 0.4) is 0 Å². The molecule has 2 aromatic rings. The highest BCUT2D eigenvalue weighted by Crippen LogP contribution is 2.44. The van der Waals surface area contributed by atoms with E-state index >= 15 is 0 Å². The molecule has 0 aliphatic rings. The van der Waals surface area contributed by atoms with Crippen molar-refractivity contribution in [1.82, 2.24) is 0 Å². The molecule has 2 rings (SSSR count). The molecule has 4 nitrogen and oxygen atoms in total. The Balaban J connectivity index is 2.74. The molecule has 0 saturated carbocycles. The molecular weight excluding hydrogens is 288 g/mol. The number of phenolic OH excluding ortho intramolecular Hbond substituents is 2. The van der Waals surface area contributed by atoms with Crippen LogP contribution in [-0.4, -0.2) is 10.2 Å². The van der Waals surface area contributed by atoms with Gasteiger partial charge in [-0.05, 0) is 61.1 Å². The van der Waals surface area contributed by atoms with Crippen molar-refractivity contribution in [2.24, 2.45) is 0 Å². The summed E-state index contributed by atoms with van der Waals surface area (Å²) in [6.45, 7) is 7.95. The molecular formula is C19H26N2O2. The van der Waals surface area contributed by atoms with Gasteiger partial charge < -0.3 is 21.7 Å². The Hall–Kier alpha value is -2.36. The molecule has 0 spiro atoms. The SMILES string of the molecule is CCC(CC)(c1cc(C)c(O)c(N)c1)c1cc(C)c(O)c(N)c1. The van der Waals surface area contributed by atoms with Crippen molar-refractivity contribution in [3.8, 4) is 11.5 Å². The quantitative estimate of drug-likeness (QED) is 0.507. The van der Waals surface area contributed by atoms with E-state index in [1.165, 1.54) is 0 Å². The van der Waals surface area contributed by atoms with Gasteiger partial charge in [-0.15, -0.1) is 0 Å². The molecule has 4 heteroatoms. The summed E-state index contributed by atoms with van der Waals surface area (Å²) in [7, 11) is 0. The van der Waals surface area contributed by atoms with E-state index in [1.54, 1.807) is 0 Å². The monoisotopic (exact) mass is 314 g/mol. The van der Waals surface area contributed by atoms with Crippen LogP contribution in [0.15, 0.2) is 24.3 Å². The molecule has 0 amide bonds. The molecule has 0 atom stereocenters. The zero-order valence-corrected chi connectivity index (χ0v) is 14.3. The van der Waals surface area contributed by atoms with E-state index in [9.17, 15) is 10.2 Å². The lowest BCUT2D eigenvalue weighted by Crippen LogP contribution is -2.26. The number of aryl methyl sites for hydroxylation is 2. The Morgan fingerprint density at radius 2 is 1.13 bits per heavy atom. The van der Waals surface area contributed by atoms with Crippen molar-refractivity contribution >= 4 is 11.4 Å². The average molecular weight is 314 g/mol. The average Bonchev–Trinajstić information content (AvgIpc) is 2.51. The van der Waals surface area contributed by atoms with Gasteiger partial charge in [-0.3, -0.25) is 0 Å². The largest absolute Gasteiger partial charge is 0.506 e. The summed E-state index contributed by atoms with van der Waals surface area (Å²) >= 11 is 0. The number of benzene rings is 2. The maximum Gasteiger partial charge on any atom is 0.141 e. The number of hydrogen-bond donors (Lipinski definition) is 4. The molecule has 0 heterocycles. The molecule has 0 saturated heterocycles. The maximum atomic E-state index is 9.96. The zero-order chi connectivity index (χ0) is 17.4. The van der Waals surface area contributed by atoms with E-state index < -0.39 is 0 Å². The van der Waals surface area contributed by atoms with Gasteiger partial charge in [-0.1, -0.05) is 26.0 Å². The first-order chi connectivity index (χ1) is 10.8. The predicted octanol–water partition coefficient (Wildman–Crippen LogP) is 3.99. The Morgan fingerprint density at radius 1 is 0.783 bits per heavy atom. The smallest absolute Gasteiger partial charge is 0.141 e. The summed E-state index contributed by atoms with van der Waals surface area (Å²) in [4.78, 5) is 0. The fraction of sp³-hybridized carbons (Fsp3) is 0.368. The highest BCUT2D eigenvalue weighted by atomic mass is 16.3. The molecule has 2 aromatic carbocycles. The van der Waals surface area contributed by atoms with Gasteiger partial charge in [0.1, 0.15) is 11.5 Å². The number of hydrogen-bond acceptors (Lipinski definition) is 4. The summed E-state index contributed by atoms with van der Waals surface area (Å²) < 4.78 is 0. The number of nitrogens with two attached hydrogens (primary N) is 2. The van der Waals surface area contributed by atoms with Crippen molar-refractivity contribution in [1.29, 1.82) is 0 Å². The van der Waals surface area contributed by atoms with Crippen molar-refractivity contribution in [3.63, 3.8) is 0 Å². The fourth-order valence-electron chi connectivity index (χ4n) is 3.40. The third-order valence-corrected chi connectivity index (χ3v) is 4.97. The highest BCUT2D eigenvalue weighted by Gasteiger charge is 2.32. The lowest BCUT2D eigenvalue weighted by atomic mass is 9.69. The lowest BCUT2D eigenvalue weighted by Gasteiger charge is -2.34. The highest BCUT2D eigenvalue weighted by molar-refractivity contribution is 5.63. The van der Waals surface area contributed by atoms with Crippen molar-refractivity contribution in [2.75, 3.05) is 11.5 Å². The fourth-order valence-corrected chi connectivity index (χ4v) is 3.40. The molecule has 23 heavy (non-hydrogen) atoms. The summed E-state index contributed by atoms with van der Waals surface area (Å²) in [5, 5.41) is 19.9. The lowest BCUT2D eigenvalue weighted by molar-refractivity contribution is 0.459. The second-order valence-electron chi connectivity index (χ2n) is 6.25. The molecule has 0 aliphatic carbocycles. The first-order valence-electron chi connectivity index (χ1n) is 7.96. The molecule has 0 unspecified atom stereocenters. The summed E-state index contributed by atoms with van der Waals surface area (Å²) in [6, 6.07) is 7.65.